The summed E-state index contributed by atoms with van der Waals surface area (Å²) in [6, 6.07) is 7.73. The topological polar surface area (TPSA) is 60.2 Å². The molecule has 0 aliphatic carbocycles. The summed E-state index contributed by atoms with van der Waals surface area (Å²) in [6.07, 6.45) is 3.01. The summed E-state index contributed by atoms with van der Waals surface area (Å²) >= 11 is 1.46. The molecule has 1 saturated heterocycles. The molecule has 1 fully saturated rings. The van der Waals surface area contributed by atoms with Crippen molar-refractivity contribution < 1.29 is 9.53 Å². The largest absolute Gasteiger partial charge is 0.497 e. The lowest BCUT2D eigenvalue weighted by Gasteiger charge is -2.36. The van der Waals surface area contributed by atoms with Crippen LogP contribution in [0, 0.1) is 11.8 Å². The van der Waals surface area contributed by atoms with Crippen molar-refractivity contribution in [1.29, 1.82) is 0 Å². The van der Waals surface area contributed by atoms with Gasteiger partial charge >= 0.3 is 0 Å². The van der Waals surface area contributed by atoms with Gasteiger partial charge in [0.25, 0.3) is 0 Å². The molecule has 0 N–H and O–H groups in total. The quantitative estimate of drug-likeness (QED) is 0.504. The highest BCUT2D eigenvalue weighted by molar-refractivity contribution is 8.00. The van der Waals surface area contributed by atoms with Crippen LogP contribution < -0.4 is 4.74 Å². The normalized spacial score (nSPS) is 20.3. The maximum Gasteiger partial charge on any atom is 0.235 e. The molecule has 2 heterocycles. The van der Waals surface area contributed by atoms with Crippen LogP contribution in [0.25, 0.3) is 11.4 Å². The molecule has 3 atom stereocenters. The van der Waals surface area contributed by atoms with Crippen molar-refractivity contribution in [1.82, 2.24) is 19.7 Å². The number of hydrogen-bond acceptors (Lipinski definition) is 5. The van der Waals surface area contributed by atoms with Crippen LogP contribution in [0.4, 0.5) is 0 Å². The van der Waals surface area contributed by atoms with Gasteiger partial charge < -0.3 is 9.64 Å². The van der Waals surface area contributed by atoms with E-state index < -0.39 is 0 Å². The zero-order valence-electron chi connectivity index (χ0n) is 17.7. The minimum Gasteiger partial charge on any atom is -0.497 e. The van der Waals surface area contributed by atoms with Crippen LogP contribution in [-0.2, 0) is 11.3 Å². The molecular weight excluding hydrogens is 384 g/mol. The fraction of sp³-hybridized carbons (Fsp3) is 0.500. The molecule has 1 aromatic heterocycles. The van der Waals surface area contributed by atoms with E-state index >= 15 is 0 Å². The number of thioether (sulfide) groups is 1. The van der Waals surface area contributed by atoms with E-state index in [1.807, 2.05) is 46.7 Å². The molecule has 1 aliphatic rings. The fourth-order valence-corrected chi connectivity index (χ4v) is 4.87. The van der Waals surface area contributed by atoms with E-state index in [9.17, 15) is 4.79 Å². The van der Waals surface area contributed by atoms with Gasteiger partial charge in [-0.15, -0.1) is 16.8 Å². The molecular formula is C22H30N4O2S. The molecule has 1 aromatic carbocycles. The first-order valence-corrected chi connectivity index (χ1v) is 10.9. The molecule has 0 spiro atoms. The number of likely N-dealkylation sites (tertiary alicyclic amines) is 1. The third kappa shape index (κ3) is 5.01. The van der Waals surface area contributed by atoms with Crippen LogP contribution >= 0.6 is 11.8 Å². The average Bonchev–Trinajstić information content (AvgIpc) is 3.09. The van der Waals surface area contributed by atoms with E-state index in [-0.39, 0.29) is 11.2 Å². The Hall–Kier alpha value is -2.28. The number of benzene rings is 1. The second-order valence-corrected chi connectivity index (χ2v) is 9.19. The summed E-state index contributed by atoms with van der Waals surface area (Å²) in [4.78, 5) is 15.0. The molecule has 6 nitrogen and oxygen atoms in total. The van der Waals surface area contributed by atoms with Crippen molar-refractivity contribution in [3.63, 3.8) is 0 Å². The Morgan fingerprint density at radius 1 is 1.28 bits per heavy atom. The first-order chi connectivity index (χ1) is 13.9. The van der Waals surface area contributed by atoms with E-state index in [0.717, 1.165) is 35.4 Å². The minimum atomic E-state index is -0.219. The summed E-state index contributed by atoms with van der Waals surface area (Å²) in [5, 5.41) is 9.28. The molecule has 3 rings (SSSR count). The Bertz CT molecular complexity index is 839. The van der Waals surface area contributed by atoms with Gasteiger partial charge in [0.1, 0.15) is 5.75 Å². The average molecular weight is 415 g/mol. The number of nitrogens with zero attached hydrogens (tertiary/aromatic N) is 4. The maximum absolute atomic E-state index is 13.0. The molecule has 1 aliphatic heterocycles. The highest BCUT2D eigenvalue weighted by Gasteiger charge is 2.29. The second-order valence-electron chi connectivity index (χ2n) is 7.88. The number of rotatable bonds is 7. The molecule has 2 aromatic rings. The number of methoxy groups -OCH3 is 1. The second kappa shape index (κ2) is 9.48. The lowest BCUT2D eigenvalue weighted by molar-refractivity contribution is -0.132. The summed E-state index contributed by atoms with van der Waals surface area (Å²) < 4.78 is 7.24. The Balaban J connectivity index is 1.78. The number of ether oxygens (including phenoxy) is 1. The van der Waals surface area contributed by atoms with Gasteiger partial charge in [-0.25, -0.2) is 0 Å². The van der Waals surface area contributed by atoms with Gasteiger partial charge in [0.2, 0.25) is 5.91 Å². The Labute approximate surface area is 177 Å². The van der Waals surface area contributed by atoms with E-state index in [1.54, 1.807) is 7.11 Å². The van der Waals surface area contributed by atoms with Gasteiger partial charge in [-0.2, -0.15) is 0 Å². The third-order valence-corrected chi connectivity index (χ3v) is 6.26. The summed E-state index contributed by atoms with van der Waals surface area (Å²) in [7, 11) is 1.65. The van der Waals surface area contributed by atoms with Crippen molar-refractivity contribution in [2.45, 2.75) is 44.1 Å². The van der Waals surface area contributed by atoms with Crippen molar-refractivity contribution in [2.24, 2.45) is 11.8 Å². The number of hydrogen-bond donors (Lipinski definition) is 0. The Kier molecular flexibility index (Phi) is 7.00. The van der Waals surface area contributed by atoms with Gasteiger partial charge in [0.15, 0.2) is 11.0 Å². The zero-order valence-corrected chi connectivity index (χ0v) is 18.5. The monoisotopic (exact) mass is 414 g/mol. The van der Waals surface area contributed by atoms with Crippen molar-refractivity contribution in [3.05, 3.63) is 36.9 Å². The smallest absolute Gasteiger partial charge is 0.235 e. The molecule has 0 bridgehead atoms. The number of carbonyl (C=O) groups is 1. The van der Waals surface area contributed by atoms with E-state index in [0.29, 0.717) is 18.4 Å². The molecule has 0 saturated carbocycles. The van der Waals surface area contributed by atoms with Crippen LogP contribution in [-0.4, -0.2) is 51.0 Å². The SMILES string of the molecule is C=CCn1c(SC(C)C(=O)N2CC(C)CC(C)C2)nnc1-c1ccc(OC)cc1. The van der Waals surface area contributed by atoms with Gasteiger partial charge in [-0.3, -0.25) is 9.36 Å². The lowest BCUT2D eigenvalue weighted by Crippen LogP contribution is -2.45. The number of allylic oxidation sites excluding steroid dienone is 1. The van der Waals surface area contributed by atoms with Gasteiger partial charge in [0, 0.05) is 25.2 Å². The molecule has 0 radical (unpaired) electrons. The third-order valence-electron chi connectivity index (χ3n) is 5.19. The number of piperidine rings is 1. The van der Waals surface area contributed by atoms with E-state index in [2.05, 4.69) is 30.6 Å². The summed E-state index contributed by atoms with van der Waals surface area (Å²) in [6.45, 7) is 12.5. The van der Waals surface area contributed by atoms with Crippen molar-refractivity contribution in [3.8, 4) is 17.1 Å². The van der Waals surface area contributed by atoms with Crippen LogP contribution in [0.15, 0.2) is 42.1 Å². The predicted molar refractivity (Wildman–Crippen MR) is 117 cm³/mol. The van der Waals surface area contributed by atoms with Crippen molar-refractivity contribution in [2.75, 3.05) is 20.2 Å². The fourth-order valence-electron chi connectivity index (χ4n) is 3.93. The standard InChI is InChI=1S/C22H30N4O2S/c1-6-11-26-20(18-7-9-19(28-5)10-8-18)23-24-22(26)29-17(4)21(27)25-13-15(2)12-16(3)14-25/h6-10,15-17H,1,11-14H2,2-5H3. The lowest BCUT2D eigenvalue weighted by atomic mass is 9.92. The summed E-state index contributed by atoms with van der Waals surface area (Å²) in [5.74, 6) is 2.82. The summed E-state index contributed by atoms with van der Waals surface area (Å²) in [5.41, 5.74) is 0.949. The number of aromatic nitrogens is 3. The van der Waals surface area contributed by atoms with Gasteiger partial charge in [-0.1, -0.05) is 31.7 Å². The number of carbonyl (C=O) groups excluding carboxylic acids is 1. The van der Waals surface area contributed by atoms with Crippen LogP contribution in [0.1, 0.15) is 27.2 Å². The van der Waals surface area contributed by atoms with Crippen molar-refractivity contribution >= 4 is 17.7 Å². The first-order valence-electron chi connectivity index (χ1n) is 10.1. The Morgan fingerprint density at radius 2 is 1.93 bits per heavy atom. The van der Waals surface area contributed by atoms with E-state index in [1.165, 1.54) is 18.2 Å². The van der Waals surface area contributed by atoms with Gasteiger partial charge in [0.05, 0.1) is 12.4 Å². The highest BCUT2D eigenvalue weighted by Crippen LogP contribution is 2.30. The number of amides is 1. The first kappa shape index (κ1) is 21.4. The zero-order chi connectivity index (χ0) is 21.0. The van der Waals surface area contributed by atoms with Crippen LogP contribution in [0.3, 0.4) is 0 Å². The van der Waals surface area contributed by atoms with Crippen LogP contribution in [0.2, 0.25) is 0 Å². The molecule has 3 unspecified atom stereocenters. The van der Waals surface area contributed by atoms with Crippen LogP contribution in [0.5, 0.6) is 5.75 Å². The van der Waals surface area contributed by atoms with Gasteiger partial charge in [-0.05, 0) is 49.4 Å². The molecule has 156 valence electrons. The van der Waals surface area contributed by atoms with E-state index in [4.69, 9.17) is 4.74 Å². The molecule has 1 amide bonds. The molecule has 29 heavy (non-hydrogen) atoms. The minimum absolute atomic E-state index is 0.174. The predicted octanol–water partition coefficient (Wildman–Crippen LogP) is 4.12. The molecule has 7 heteroatoms. The maximum atomic E-state index is 13.0. The highest BCUT2D eigenvalue weighted by atomic mass is 32.2. The Morgan fingerprint density at radius 3 is 2.52 bits per heavy atom.